The Morgan fingerprint density at radius 1 is 1.67 bits per heavy atom. The Hall–Kier alpha value is -0.460. The molecule has 0 rings (SSSR count). The first-order valence-corrected chi connectivity index (χ1v) is 1.49. The highest BCUT2D eigenvalue weighted by Gasteiger charge is 1.68. The molecule has 6 heavy (non-hydrogen) atoms. The molecule has 0 saturated heterocycles. The third-order valence-corrected chi connectivity index (χ3v) is 0.359. The lowest BCUT2D eigenvalue weighted by Crippen LogP contribution is -1.78. The van der Waals surface area contributed by atoms with Crippen molar-refractivity contribution >= 4 is 21.9 Å². The Kier molecular flexibility index (Phi) is 2.55. The van der Waals surface area contributed by atoms with Crippen LogP contribution in [0, 0.1) is 5.41 Å². The van der Waals surface area contributed by atoms with Crippen LogP contribution in [-0.4, -0.2) is 21.9 Å². The summed E-state index contributed by atoms with van der Waals surface area (Å²) in [5.41, 5.74) is 0.287. The highest BCUT2D eigenvalue weighted by Crippen LogP contribution is 1.70. The predicted molar refractivity (Wildman–Crippen MR) is 28.4 cm³/mol. The molecule has 3 heteroatoms. The molecule has 0 spiro atoms. The zero-order chi connectivity index (χ0) is 4.99. The van der Waals surface area contributed by atoms with Gasteiger partial charge in [-0.1, -0.05) is 5.47 Å². The summed E-state index contributed by atoms with van der Waals surface area (Å²) in [6.45, 7) is 0. The molecular formula is C3H3B2N. The molecule has 4 radical (unpaired) electrons. The summed E-state index contributed by atoms with van der Waals surface area (Å²) in [5.74, 6) is 1.17. The van der Waals surface area contributed by atoms with Crippen molar-refractivity contribution in [1.29, 1.82) is 5.41 Å². The Bertz CT molecular complexity index is 76.9. The maximum Gasteiger partial charge on any atom is 0.114 e. The van der Waals surface area contributed by atoms with Crippen LogP contribution >= 0.6 is 0 Å². The molecule has 0 aliphatic carbocycles. The van der Waals surface area contributed by atoms with Crippen molar-refractivity contribution in [3.63, 3.8) is 0 Å². The van der Waals surface area contributed by atoms with E-state index in [1.165, 1.54) is 5.98 Å². The minimum absolute atomic E-state index is 0.287. The second-order valence-electron chi connectivity index (χ2n) is 0.811. The minimum atomic E-state index is 0.287. The highest BCUT2D eigenvalue weighted by molar-refractivity contribution is 6.37. The summed E-state index contributed by atoms with van der Waals surface area (Å²) in [5, 5.41) is 6.41. The third-order valence-electron chi connectivity index (χ3n) is 0.359. The Labute approximate surface area is 39.8 Å². The molecule has 26 valence electrons. The van der Waals surface area contributed by atoms with Crippen LogP contribution < -0.4 is 0 Å². The van der Waals surface area contributed by atoms with Gasteiger partial charge in [0.1, 0.15) is 15.7 Å². The number of nitrogens with one attached hydrogen (secondary N) is 1. The third kappa shape index (κ3) is 1.82. The van der Waals surface area contributed by atoms with Crippen LogP contribution in [0.25, 0.3) is 0 Å². The summed E-state index contributed by atoms with van der Waals surface area (Å²) in [4.78, 5) is 0. The van der Waals surface area contributed by atoms with Crippen LogP contribution in [-0.2, 0) is 0 Å². The van der Waals surface area contributed by atoms with Crippen LogP contribution in [0.5, 0.6) is 0 Å². The van der Waals surface area contributed by atoms with Crippen LogP contribution in [0.15, 0.2) is 11.4 Å². The maximum atomic E-state index is 6.41. The van der Waals surface area contributed by atoms with E-state index in [1.54, 1.807) is 0 Å². The zero-order valence-corrected chi connectivity index (χ0v) is 3.31. The van der Waals surface area contributed by atoms with E-state index in [2.05, 4.69) is 0 Å². The van der Waals surface area contributed by atoms with Crippen LogP contribution in [0.1, 0.15) is 0 Å². The molecule has 0 saturated carbocycles. The van der Waals surface area contributed by atoms with Crippen LogP contribution in [0.3, 0.4) is 0 Å². The summed E-state index contributed by atoms with van der Waals surface area (Å²) in [7, 11) is 9.81. The van der Waals surface area contributed by atoms with Crippen molar-refractivity contribution in [2.45, 2.75) is 0 Å². The van der Waals surface area contributed by atoms with E-state index in [9.17, 15) is 0 Å². The molecule has 0 aromatic heterocycles. The van der Waals surface area contributed by atoms with E-state index in [-0.39, 0.29) is 5.47 Å². The molecule has 0 heterocycles. The zero-order valence-electron chi connectivity index (χ0n) is 3.31. The second-order valence-corrected chi connectivity index (χ2v) is 0.811. The fraction of sp³-hybridized carbons (Fsp3) is 0. The Balaban J connectivity index is 3.50. The summed E-state index contributed by atoms with van der Waals surface area (Å²) >= 11 is 0. The first-order valence-electron chi connectivity index (χ1n) is 1.49. The normalized spacial score (nSPS) is 11.0. The average Bonchev–Trinajstić information content (AvgIpc) is 1.65. The van der Waals surface area contributed by atoms with Gasteiger partial charge in [0, 0.05) is 6.21 Å². The average molecular weight is 74.7 g/mol. The fourth-order valence-electron chi connectivity index (χ4n) is 0.0481. The molecule has 0 atom stereocenters. The summed E-state index contributed by atoms with van der Waals surface area (Å²) in [6, 6.07) is 0. The van der Waals surface area contributed by atoms with E-state index >= 15 is 0 Å². The summed E-state index contributed by atoms with van der Waals surface area (Å²) < 4.78 is 0. The topological polar surface area (TPSA) is 23.9 Å². The van der Waals surface area contributed by atoms with Crippen LogP contribution in [0.4, 0.5) is 0 Å². The molecule has 0 aromatic rings. The number of rotatable bonds is 1. The molecule has 0 aliphatic rings. The van der Waals surface area contributed by atoms with Crippen molar-refractivity contribution in [3.8, 4) is 0 Å². The van der Waals surface area contributed by atoms with Gasteiger partial charge in [0.05, 0.1) is 0 Å². The Morgan fingerprint density at radius 2 is 2.17 bits per heavy atom. The van der Waals surface area contributed by atoms with Gasteiger partial charge in [-0.05, 0) is 0 Å². The monoisotopic (exact) mass is 75.0 g/mol. The molecule has 0 aromatic carbocycles. The summed E-state index contributed by atoms with van der Waals surface area (Å²) in [6.07, 6.45) is 0.986. The molecule has 0 amide bonds. The predicted octanol–water partition coefficient (Wildman–Crippen LogP) is -0.186. The maximum absolute atomic E-state index is 6.41. The van der Waals surface area contributed by atoms with Gasteiger partial charge >= 0.3 is 0 Å². The molecule has 0 unspecified atom stereocenters. The van der Waals surface area contributed by atoms with Gasteiger partial charge in [0.2, 0.25) is 0 Å². The number of hydrogen-bond acceptors (Lipinski definition) is 1. The van der Waals surface area contributed by atoms with E-state index in [0.717, 1.165) is 6.21 Å². The van der Waals surface area contributed by atoms with Gasteiger partial charge in [-0.15, -0.1) is 5.98 Å². The van der Waals surface area contributed by atoms with Gasteiger partial charge in [-0.25, -0.2) is 0 Å². The number of hydrogen-bond donors (Lipinski definition) is 1. The van der Waals surface area contributed by atoms with Gasteiger partial charge in [-0.3, -0.25) is 0 Å². The first kappa shape index (κ1) is 5.54. The molecular weight excluding hydrogens is 71.7 g/mol. The fourth-order valence-corrected chi connectivity index (χ4v) is 0.0481. The van der Waals surface area contributed by atoms with E-state index < -0.39 is 0 Å². The van der Waals surface area contributed by atoms with Crippen molar-refractivity contribution in [2.24, 2.45) is 0 Å². The van der Waals surface area contributed by atoms with Crippen molar-refractivity contribution in [2.75, 3.05) is 0 Å². The van der Waals surface area contributed by atoms with Crippen molar-refractivity contribution in [1.82, 2.24) is 0 Å². The molecule has 0 fully saturated rings. The van der Waals surface area contributed by atoms with Gasteiger partial charge < -0.3 is 5.41 Å². The molecule has 0 aliphatic heterocycles. The van der Waals surface area contributed by atoms with Crippen molar-refractivity contribution < 1.29 is 0 Å². The van der Waals surface area contributed by atoms with Gasteiger partial charge in [0.15, 0.2) is 0 Å². The SMILES string of the molecule is [B]/C=C(/[B])C=N. The van der Waals surface area contributed by atoms with Crippen LogP contribution in [0.2, 0.25) is 0 Å². The smallest absolute Gasteiger partial charge is 0.114 e. The lowest BCUT2D eigenvalue weighted by atomic mass is 9.91. The lowest BCUT2D eigenvalue weighted by Gasteiger charge is -1.77. The first-order chi connectivity index (χ1) is 2.81. The molecule has 1 nitrogen and oxygen atoms in total. The molecule has 0 bridgehead atoms. The minimum Gasteiger partial charge on any atom is -0.309 e. The second kappa shape index (κ2) is 2.76. The van der Waals surface area contributed by atoms with Crippen molar-refractivity contribution in [3.05, 3.63) is 11.4 Å². The quantitative estimate of drug-likeness (QED) is 0.330. The highest BCUT2D eigenvalue weighted by atomic mass is 14.3. The van der Waals surface area contributed by atoms with Gasteiger partial charge in [-0.2, -0.15) is 0 Å². The van der Waals surface area contributed by atoms with Gasteiger partial charge in [0.25, 0.3) is 0 Å². The lowest BCUT2D eigenvalue weighted by molar-refractivity contribution is 1.57. The molecule has 1 N–H and O–H groups in total. The van der Waals surface area contributed by atoms with E-state index in [4.69, 9.17) is 21.1 Å². The number of allylic oxidation sites excluding steroid dienone is 1. The van der Waals surface area contributed by atoms with E-state index in [0.29, 0.717) is 0 Å². The van der Waals surface area contributed by atoms with E-state index in [1.807, 2.05) is 0 Å². The Morgan fingerprint density at radius 3 is 2.17 bits per heavy atom. The standard InChI is InChI=1S/C3H3B2N/c4-1-3(5)2-6/h1-2,6H/b3-1+,6-2?. The largest absolute Gasteiger partial charge is 0.309 e.